The standard InChI is InChI=1S/C27H31N7O3/c1-33(18-9-15-37-16-10-18)32-27(36)29-21-4-2-3-20-22(21)26(35)23-24(30-31-25(20)23)17-5-7-19(8-6-17)34-13-11-28-12-14-34/h2-8,18,25,28H,9-16H2,1H3,(H2,29,32,36). The maximum absolute atomic E-state index is 13.7. The largest absolute Gasteiger partial charge is 0.381 e. The van der Waals surface area contributed by atoms with Crippen LogP contribution in [0, 0.1) is 0 Å². The number of carbonyl (C=O) groups is 2. The van der Waals surface area contributed by atoms with Crippen molar-refractivity contribution in [2.45, 2.75) is 24.9 Å². The minimum atomic E-state index is -0.444. The highest BCUT2D eigenvalue weighted by molar-refractivity contribution is 6.22. The van der Waals surface area contributed by atoms with Gasteiger partial charge >= 0.3 is 6.03 Å². The molecule has 3 aliphatic heterocycles. The Morgan fingerprint density at radius 3 is 2.62 bits per heavy atom. The van der Waals surface area contributed by atoms with Gasteiger partial charge in [0.25, 0.3) is 0 Å². The van der Waals surface area contributed by atoms with E-state index in [1.165, 1.54) is 0 Å². The van der Waals surface area contributed by atoms with E-state index in [0.717, 1.165) is 55.8 Å². The van der Waals surface area contributed by atoms with E-state index in [9.17, 15) is 9.59 Å². The Morgan fingerprint density at radius 1 is 1.11 bits per heavy atom. The number of hydrogen-bond donors (Lipinski definition) is 3. The molecule has 4 aliphatic rings. The van der Waals surface area contributed by atoms with Crippen molar-refractivity contribution in [1.82, 2.24) is 15.8 Å². The van der Waals surface area contributed by atoms with Crippen LogP contribution in [0.5, 0.6) is 0 Å². The second kappa shape index (κ2) is 10.0. The van der Waals surface area contributed by atoms with Crippen molar-refractivity contribution >= 4 is 28.9 Å². The van der Waals surface area contributed by atoms with Crippen LogP contribution in [0.3, 0.4) is 0 Å². The number of ether oxygens (including phenoxy) is 1. The van der Waals surface area contributed by atoms with Gasteiger partial charge in [0.1, 0.15) is 11.7 Å². The normalized spacial score (nSPS) is 21.4. The molecule has 3 heterocycles. The first-order valence-corrected chi connectivity index (χ1v) is 12.9. The van der Waals surface area contributed by atoms with Crippen LogP contribution < -0.4 is 21.0 Å². The molecule has 2 amide bonds. The van der Waals surface area contributed by atoms with Crippen LogP contribution in [-0.2, 0) is 4.74 Å². The minimum absolute atomic E-state index is 0.139. The molecule has 3 N–H and O–H groups in total. The molecule has 2 fully saturated rings. The van der Waals surface area contributed by atoms with Crippen LogP contribution in [-0.4, -0.2) is 69.3 Å². The van der Waals surface area contributed by atoms with E-state index >= 15 is 0 Å². The molecule has 0 aromatic heterocycles. The highest BCUT2D eigenvalue weighted by atomic mass is 16.5. The number of nitrogens with zero attached hydrogens (tertiary/aromatic N) is 4. The Morgan fingerprint density at radius 2 is 1.86 bits per heavy atom. The summed E-state index contributed by atoms with van der Waals surface area (Å²) < 4.78 is 5.41. The van der Waals surface area contributed by atoms with Gasteiger partial charge in [0.2, 0.25) is 0 Å². The number of azo groups is 1. The van der Waals surface area contributed by atoms with Gasteiger partial charge < -0.3 is 20.3 Å². The van der Waals surface area contributed by atoms with Gasteiger partial charge in [-0.25, -0.2) is 9.80 Å². The number of ketones is 1. The lowest BCUT2D eigenvalue weighted by Gasteiger charge is -2.31. The second-order valence-corrected chi connectivity index (χ2v) is 9.78. The molecule has 10 nitrogen and oxygen atoms in total. The topological polar surface area (TPSA) is 111 Å². The van der Waals surface area contributed by atoms with Gasteiger partial charge in [-0.2, -0.15) is 10.2 Å². The van der Waals surface area contributed by atoms with Gasteiger partial charge in [-0.15, -0.1) is 0 Å². The first kappa shape index (κ1) is 23.8. The van der Waals surface area contributed by atoms with Crippen LogP contribution in [0.15, 0.2) is 58.3 Å². The number of urea groups is 1. The molecule has 10 heteroatoms. The number of carbonyl (C=O) groups excluding carboxylic acids is 2. The second-order valence-electron chi connectivity index (χ2n) is 9.78. The number of benzene rings is 2. The van der Waals surface area contributed by atoms with Gasteiger partial charge in [-0.3, -0.25) is 10.2 Å². The molecule has 1 unspecified atom stereocenters. The molecule has 1 aliphatic carbocycles. The number of Topliss-reactive ketones (excluding diaryl/α,β-unsaturated/α-hetero) is 1. The number of nitrogens with one attached hydrogen (secondary N) is 3. The predicted octanol–water partition coefficient (Wildman–Crippen LogP) is 3.36. The van der Waals surface area contributed by atoms with Gasteiger partial charge in [-0.05, 0) is 36.6 Å². The third-order valence-electron chi connectivity index (χ3n) is 7.55. The van der Waals surface area contributed by atoms with Crippen molar-refractivity contribution in [2.75, 3.05) is 56.7 Å². The minimum Gasteiger partial charge on any atom is -0.381 e. The number of fused-ring (bicyclic) bond motifs is 3. The molecule has 2 aromatic carbocycles. The monoisotopic (exact) mass is 501 g/mol. The molecule has 0 radical (unpaired) electrons. The summed E-state index contributed by atoms with van der Waals surface area (Å²) in [7, 11) is 1.85. The summed E-state index contributed by atoms with van der Waals surface area (Å²) >= 11 is 0. The van der Waals surface area contributed by atoms with E-state index in [1.807, 2.05) is 36.3 Å². The van der Waals surface area contributed by atoms with Crippen LogP contribution in [0.25, 0.3) is 5.70 Å². The number of amides is 2. The fraction of sp³-hybridized carbons (Fsp3) is 0.407. The molecule has 0 saturated carbocycles. The molecule has 1 atom stereocenters. The third-order valence-corrected chi connectivity index (χ3v) is 7.55. The lowest BCUT2D eigenvalue weighted by atomic mass is 10.0. The molecule has 192 valence electrons. The van der Waals surface area contributed by atoms with E-state index in [-0.39, 0.29) is 17.9 Å². The number of piperazine rings is 1. The molecule has 2 saturated heterocycles. The summed E-state index contributed by atoms with van der Waals surface area (Å²) in [5.41, 5.74) is 7.81. The van der Waals surface area contributed by atoms with Crippen molar-refractivity contribution in [3.05, 3.63) is 64.7 Å². The van der Waals surface area contributed by atoms with Crippen LogP contribution in [0.4, 0.5) is 16.2 Å². The summed E-state index contributed by atoms with van der Waals surface area (Å²) in [6.07, 6.45) is 1.71. The van der Waals surface area contributed by atoms with E-state index in [1.54, 1.807) is 6.07 Å². The zero-order valence-corrected chi connectivity index (χ0v) is 20.9. The lowest BCUT2D eigenvalue weighted by Crippen LogP contribution is -2.49. The highest BCUT2D eigenvalue weighted by Gasteiger charge is 2.42. The first-order chi connectivity index (χ1) is 18.1. The molecule has 6 rings (SSSR count). The van der Waals surface area contributed by atoms with Crippen molar-refractivity contribution in [3.8, 4) is 0 Å². The summed E-state index contributed by atoms with van der Waals surface area (Å²) in [6.45, 7) is 5.25. The van der Waals surface area contributed by atoms with Crippen molar-refractivity contribution < 1.29 is 14.3 Å². The third kappa shape index (κ3) is 4.52. The highest BCUT2D eigenvalue weighted by Crippen LogP contribution is 2.49. The van der Waals surface area contributed by atoms with E-state index in [4.69, 9.17) is 4.74 Å². The number of hydrazine groups is 1. The molecular formula is C27H31N7O3. The van der Waals surface area contributed by atoms with Crippen LogP contribution in [0.1, 0.15) is 40.4 Å². The molecule has 0 bridgehead atoms. The summed E-state index contributed by atoms with van der Waals surface area (Å²) in [5, 5.41) is 16.9. The lowest BCUT2D eigenvalue weighted by molar-refractivity contribution is 0.0312. The van der Waals surface area contributed by atoms with Crippen molar-refractivity contribution in [2.24, 2.45) is 10.2 Å². The number of anilines is 2. The zero-order valence-electron chi connectivity index (χ0n) is 20.9. The van der Waals surface area contributed by atoms with E-state index in [0.29, 0.717) is 35.7 Å². The van der Waals surface area contributed by atoms with Crippen molar-refractivity contribution in [3.63, 3.8) is 0 Å². The first-order valence-electron chi connectivity index (χ1n) is 12.9. The maximum atomic E-state index is 13.7. The SMILES string of the molecule is CN(NC(=O)Nc1cccc2c1C(=O)C1=C(c3ccc(N4CCNCC4)cc3)N=NC12)C1CCOCC1. The number of hydrogen-bond acceptors (Lipinski definition) is 8. The van der Waals surface area contributed by atoms with Gasteiger partial charge in [0.05, 0.1) is 16.8 Å². The van der Waals surface area contributed by atoms with Gasteiger partial charge in [0.15, 0.2) is 5.78 Å². The smallest absolute Gasteiger partial charge is 0.333 e. The molecule has 2 aromatic rings. The Kier molecular flexibility index (Phi) is 6.45. The van der Waals surface area contributed by atoms with Gasteiger partial charge in [-0.1, -0.05) is 24.3 Å². The van der Waals surface area contributed by atoms with Crippen LogP contribution >= 0.6 is 0 Å². The van der Waals surface area contributed by atoms with Crippen LogP contribution in [0.2, 0.25) is 0 Å². The Bertz CT molecular complexity index is 1260. The average molecular weight is 502 g/mol. The average Bonchev–Trinajstić information content (AvgIpc) is 3.50. The Labute approximate surface area is 215 Å². The fourth-order valence-electron chi connectivity index (χ4n) is 5.54. The summed E-state index contributed by atoms with van der Waals surface area (Å²) in [6, 6.07) is 13.0. The zero-order chi connectivity index (χ0) is 25.4. The summed E-state index contributed by atoms with van der Waals surface area (Å²) in [5.74, 6) is -0.139. The van der Waals surface area contributed by atoms with Crippen molar-refractivity contribution in [1.29, 1.82) is 0 Å². The Balaban J connectivity index is 1.21. The predicted molar refractivity (Wildman–Crippen MR) is 141 cm³/mol. The fourth-order valence-corrected chi connectivity index (χ4v) is 5.54. The van der Waals surface area contributed by atoms with Gasteiger partial charge in [0, 0.05) is 63.7 Å². The van der Waals surface area contributed by atoms with E-state index < -0.39 is 6.04 Å². The molecule has 37 heavy (non-hydrogen) atoms. The maximum Gasteiger partial charge on any atom is 0.333 e. The summed E-state index contributed by atoms with van der Waals surface area (Å²) in [4.78, 5) is 28.8. The molecular weight excluding hydrogens is 470 g/mol. The Hall–Kier alpha value is -3.60. The quantitative estimate of drug-likeness (QED) is 0.542. The van der Waals surface area contributed by atoms with E-state index in [2.05, 4.69) is 43.3 Å². The molecule has 0 spiro atoms. The number of rotatable bonds is 5.